The van der Waals surface area contributed by atoms with Crippen molar-refractivity contribution >= 4 is 0 Å². The minimum atomic E-state index is -0.234. The Morgan fingerprint density at radius 3 is 1.85 bits per heavy atom. The molecule has 5 nitrogen and oxygen atoms in total. The second-order valence-electron chi connectivity index (χ2n) is 9.57. The van der Waals surface area contributed by atoms with Crippen LogP contribution in [0.1, 0.15) is 60.2 Å². The quantitative estimate of drug-likeness (QED) is 0.339. The van der Waals surface area contributed by atoms with Gasteiger partial charge < -0.3 is 0 Å². The number of benzene rings is 3. The van der Waals surface area contributed by atoms with Crippen molar-refractivity contribution in [3.63, 3.8) is 0 Å². The number of hydrogen-bond donors (Lipinski definition) is 0. The molecule has 0 spiro atoms. The molecule has 0 atom stereocenters. The van der Waals surface area contributed by atoms with Gasteiger partial charge in [-0.15, -0.1) is 5.10 Å². The zero-order chi connectivity index (χ0) is 23.4. The number of para-hydroxylation sites is 1. The summed E-state index contributed by atoms with van der Waals surface area (Å²) >= 11 is 0. The molecule has 0 aliphatic heterocycles. The minimum Gasteiger partial charge on any atom is -0.282 e. The van der Waals surface area contributed by atoms with Crippen LogP contribution >= 0.6 is 0 Å². The molecule has 0 unspecified atom stereocenters. The fourth-order valence-electron chi connectivity index (χ4n) is 5.55. The first-order chi connectivity index (χ1) is 16.7. The van der Waals surface area contributed by atoms with E-state index in [-0.39, 0.29) is 5.54 Å². The Bertz CT molecular complexity index is 1150. The van der Waals surface area contributed by atoms with Crippen molar-refractivity contribution in [2.45, 2.75) is 64.6 Å². The van der Waals surface area contributed by atoms with Gasteiger partial charge in [0.05, 0.1) is 11.2 Å². The highest BCUT2D eigenvalue weighted by Gasteiger charge is 2.44. The fraction of sp³-hybridized carbons (Fsp3) is 0.345. The molecule has 4 aromatic rings. The molecule has 1 aromatic heterocycles. The molecule has 1 fully saturated rings. The maximum atomic E-state index is 4.73. The largest absolute Gasteiger partial charge is 0.282 e. The topological polar surface area (TPSA) is 46.8 Å². The molecule has 1 heterocycles. The molecule has 5 heteroatoms. The van der Waals surface area contributed by atoms with E-state index in [4.69, 9.17) is 5.10 Å². The predicted octanol–water partition coefficient (Wildman–Crippen LogP) is 6.14. The molecule has 174 valence electrons. The maximum absolute atomic E-state index is 4.73. The van der Waals surface area contributed by atoms with Crippen molar-refractivity contribution < 1.29 is 0 Å². The average Bonchev–Trinajstić information content (AvgIpc) is 3.35. The summed E-state index contributed by atoms with van der Waals surface area (Å²) in [5, 5.41) is 13.5. The van der Waals surface area contributed by atoms with Crippen LogP contribution in [0.4, 0.5) is 0 Å². The lowest BCUT2D eigenvalue weighted by atomic mass is 9.78. The third-order valence-electron chi connectivity index (χ3n) is 7.26. The van der Waals surface area contributed by atoms with Gasteiger partial charge in [0.1, 0.15) is 0 Å². The van der Waals surface area contributed by atoms with E-state index in [0.29, 0.717) is 0 Å². The summed E-state index contributed by atoms with van der Waals surface area (Å²) in [6, 6.07) is 28.0. The van der Waals surface area contributed by atoms with Crippen LogP contribution in [0.5, 0.6) is 0 Å². The zero-order valence-electron chi connectivity index (χ0n) is 20.2. The number of nitrogens with zero attached hydrogens (tertiary/aromatic N) is 5. The third-order valence-corrected chi connectivity index (χ3v) is 7.26. The molecular formula is C29H33N5. The molecule has 1 saturated carbocycles. The Balaban J connectivity index is 1.64. The molecule has 34 heavy (non-hydrogen) atoms. The van der Waals surface area contributed by atoms with Crippen molar-refractivity contribution in [1.29, 1.82) is 0 Å². The number of hydrogen-bond acceptors (Lipinski definition) is 4. The van der Waals surface area contributed by atoms with Crippen molar-refractivity contribution in [2.75, 3.05) is 0 Å². The van der Waals surface area contributed by atoms with Crippen LogP contribution in [0.3, 0.4) is 0 Å². The van der Waals surface area contributed by atoms with E-state index < -0.39 is 0 Å². The lowest BCUT2D eigenvalue weighted by molar-refractivity contribution is 0.0219. The van der Waals surface area contributed by atoms with Gasteiger partial charge >= 0.3 is 0 Å². The van der Waals surface area contributed by atoms with Crippen LogP contribution < -0.4 is 0 Å². The fourth-order valence-corrected chi connectivity index (χ4v) is 5.55. The number of tetrazole rings is 1. The molecule has 1 aliphatic rings. The van der Waals surface area contributed by atoms with E-state index in [0.717, 1.165) is 37.4 Å². The molecular weight excluding hydrogens is 418 g/mol. The number of aryl methyl sites for hydroxylation is 2. The Morgan fingerprint density at radius 1 is 0.735 bits per heavy atom. The number of aromatic nitrogens is 4. The summed E-state index contributed by atoms with van der Waals surface area (Å²) in [5.41, 5.74) is 5.88. The standard InChI is InChI=1S/C29H33N5/c1-23-13-12-14-24(2)27(23)34-28(30-31-32-34)29(19-10-5-11-20-29)33(21-25-15-6-3-7-16-25)22-26-17-8-4-9-18-26/h3-4,6-9,12-18H,5,10-11,19-22H2,1-2H3. The summed E-state index contributed by atoms with van der Waals surface area (Å²) in [4.78, 5) is 2.63. The second kappa shape index (κ2) is 9.90. The van der Waals surface area contributed by atoms with E-state index in [9.17, 15) is 0 Å². The predicted molar refractivity (Wildman–Crippen MR) is 136 cm³/mol. The summed E-state index contributed by atoms with van der Waals surface area (Å²) < 4.78 is 2.03. The van der Waals surface area contributed by atoms with Gasteiger partial charge in [0.25, 0.3) is 0 Å². The summed E-state index contributed by atoms with van der Waals surface area (Å²) in [7, 11) is 0. The van der Waals surface area contributed by atoms with Crippen molar-refractivity contribution in [1.82, 2.24) is 25.1 Å². The lowest BCUT2D eigenvalue weighted by Gasteiger charge is -2.45. The zero-order valence-corrected chi connectivity index (χ0v) is 20.2. The monoisotopic (exact) mass is 451 g/mol. The first-order valence-corrected chi connectivity index (χ1v) is 12.4. The van der Waals surface area contributed by atoms with Gasteiger partial charge in [0, 0.05) is 13.1 Å². The van der Waals surface area contributed by atoms with Gasteiger partial charge in [0.15, 0.2) is 5.82 Å². The van der Waals surface area contributed by atoms with Crippen LogP contribution in [-0.2, 0) is 18.6 Å². The van der Waals surface area contributed by atoms with E-state index in [1.807, 2.05) is 4.68 Å². The van der Waals surface area contributed by atoms with Crippen LogP contribution in [0, 0.1) is 13.8 Å². The Hall–Kier alpha value is -3.31. The molecule has 0 amide bonds. The smallest absolute Gasteiger partial charge is 0.176 e. The van der Waals surface area contributed by atoms with Gasteiger partial charge in [-0.1, -0.05) is 98.1 Å². The Kier molecular flexibility index (Phi) is 6.54. The SMILES string of the molecule is Cc1cccc(C)c1-n1nnnc1C1(N(Cc2ccccc2)Cc2ccccc2)CCCCC1. The average molecular weight is 452 g/mol. The molecule has 1 aliphatic carbocycles. The molecule has 0 bridgehead atoms. The highest BCUT2D eigenvalue weighted by Crippen LogP contribution is 2.43. The first-order valence-electron chi connectivity index (χ1n) is 12.4. The third kappa shape index (κ3) is 4.40. The van der Waals surface area contributed by atoms with Crippen LogP contribution in [0.15, 0.2) is 78.9 Å². The van der Waals surface area contributed by atoms with Crippen molar-refractivity contribution in [3.05, 3.63) is 107 Å². The highest BCUT2D eigenvalue weighted by molar-refractivity contribution is 5.47. The number of rotatable bonds is 7. The summed E-state index contributed by atoms with van der Waals surface area (Å²) in [5.74, 6) is 0.969. The van der Waals surface area contributed by atoms with E-state index in [1.54, 1.807) is 0 Å². The van der Waals surface area contributed by atoms with Crippen LogP contribution in [0.2, 0.25) is 0 Å². The second-order valence-corrected chi connectivity index (χ2v) is 9.57. The summed E-state index contributed by atoms with van der Waals surface area (Å²) in [6.45, 7) is 6.00. The Labute approximate surface area is 202 Å². The van der Waals surface area contributed by atoms with Crippen molar-refractivity contribution in [3.8, 4) is 5.69 Å². The van der Waals surface area contributed by atoms with Crippen LogP contribution in [0.25, 0.3) is 5.69 Å². The van der Waals surface area contributed by atoms with Crippen LogP contribution in [-0.4, -0.2) is 25.1 Å². The minimum absolute atomic E-state index is 0.234. The Morgan fingerprint density at radius 2 is 1.29 bits per heavy atom. The summed E-state index contributed by atoms with van der Waals surface area (Å²) in [6.07, 6.45) is 5.73. The van der Waals surface area contributed by atoms with Gasteiger partial charge in [-0.2, -0.15) is 4.68 Å². The van der Waals surface area contributed by atoms with Gasteiger partial charge in [-0.3, -0.25) is 4.90 Å². The van der Waals surface area contributed by atoms with E-state index in [2.05, 4.69) is 108 Å². The molecule has 3 aromatic carbocycles. The lowest BCUT2D eigenvalue weighted by Crippen LogP contribution is -2.48. The maximum Gasteiger partial charge on any atom is 0.176 e. The van der Waals surface area contributed by atoms with Gasteiger partial charge in [-0.05, 0) is 59.4 Å². The highest BCUT2D eigenvalue weighted by atomic mass is 15.6. The molecule has 0 radical (unpaired) electrons. The van der Waals surface area contributed by atoms with E-state index in [1.165, 1.54) is 41.5 Å². The van der Waals surface area contributed by atoms with Gasteiger partial charge in [-0.25, -0.2) is 0 Å². The molecule has 5 rings (SSSR count). The van der Waals surface area contributed by atoms with Crippen molar-refractivity contribution in [2.24, 2.45) is 0 Å². The molecule has 0 N–H and O–H groups in total. The van der Waals surface area contributed by atoms with Gasteiger partial charge in [0.2, 0.25) is 0 Å². The normalized spacial score (nSPS) is 15.5. The molecule has 0 saturated heterocycles. The first kappa shape index (κ1) is 22.5. The van der Waals surface area contributed by atoms with E-state index >= 15 is 0 Å².